The van der Waals surface area contributed by atoms with E-state index in [0.717, 1.165) is 11.1 Å². The van der Waals surface area contributed by atoms with Crippen LogP contribution in [0, 0.1) is 5.92 Å². The Morgan fingerprint density at radius 1 is 1.38 bits per heavy atom. The predicted octanol–water partition coefficient (Wildman–Crippen LogP) is 2.69. The van der Waals surface area contributed by atoms with E-state index in [2.05, 4.69) is 6.92 Å². The van der Waals surface area contributed by atoms with Gasteiger partial charge in [-0.3, -0.25) is 4.79 Å². The molecule has 0 spiro atoms. The summed E-state index contributed by atoms with van der Waals surface area (Å²) in [5.74, 6) is 0.0895. The molecule has 0 unspecified atom stereocenters. The number of hydrogen-bond acceptors (Lipinski definition) is 2. The van der Waals surface area contributed by atoms with Gasteiger partial charge in [0.05, 0.1) is 7.11 Å². The van der Waals surface area contributed by atoms with Crippen LogP contribution in [0.5, 0.6) is 0 Å². The maximum Gasteiger partial charge on any atom is 0.321 e. The lowest BCUT2D eigenvalue weighted by molar-refractivity contribution is -0.143. The zero-order valence-electron chi connectivity index (χ0n) is 9.86. The number of allylic oxidation sites excluding steroid dienone is 1. The van der Waals surface area contributed by atoms with Crippen molar-refractivity contribution in [1.82, 2.24) is 0 Å². The molecule has 0 saturated heterocycles. The van der Waals surface area contributed by atoms with Crippen molar-refractivity contribution in [2.24, 2.45) is 5.92 Å². The topological polar surface area (TPSA) is 26.3 Å². The third-order valence-corrected chi connectivity index (χ3v) is 3.54. The van der Waals surface area contributed by atoms with Gasteiger partial charge in [0.1, 0.15) is 5.41 Å². The molecule has 1 fully saturated rings. The van der Waals surface area contributed by atoms with Gasteiger partial charge in [0, 0.05) is 5.92 Å². The monoisotopic (exact) mass is 216 g/mol. The molecule has 2 heteroatoms. The number of methoxy groups -OCH3 is 1. The van der Waals surface area contributed by atoms with E-state index in [4.69, 9.17) is 4.74 Å². The first-order chi connectivity index (χ1) is 7.69. The SMILES string of the molecule is C/C=C1/[C@H](C)[C@@]1(C(=O)OC)c1ccccc1. The fourth-order valence-corrected chi connectivity index (χ4v) is 2.68. The molecule has 0 heterocycles. The van der Waals surface area contributed by atoms with Crippen molar-refractivity contribution in [3.8, 4) is 0 Å². The largest absolute Gasteiger partial charge is 0.468 e. The summed E-state index contributed by atoms with van der Waals surface area (Å²) in [7, 11) is 1.45. The Labute approximate surface area is 95.9 Å². The Morgan fingerprint density at radius 3 is 2.44 bits per heavy atom. The van der Waals surface area contributed by atoms with E-state index in [-0.39, 0.29) is 11.9 Å². The zero-order chi connectivity index (χ0) is 11.8. The van der Waals surface area contributed by atoms with Crippen molar-refractivity contribution in [2.45, 2.75) is 19.3 Å². The number of esters is 1. The Hall–Kier alpha value is -1.57. The van der Waals surface area contributed by atoms with Gasteiger partial charge in [-0.15, -0.1) is 0 Å². The van der Waals surface area contributed by atoms with Gasteiger partial charge >= 0.3 is 5.97 Å². The molecule has 2 nitrogen and oxygen atoms in total. The van der Waals surface area contributed by atoms with E-state index in [1.54, 1.807) is 0 Å². The molecule has 0 amide bonds. The number of carbonyl (C=O) groups excluding carboxylic acids is 1. The van der Waals surface area contributed by atoms with Gasteiger partial charge in [-0.2, -0.15) is 0 Å². The van der Waals surface area contributed by atoms with Crippen molar-refractivity contribution < 1.29 is 9.53 Å². The highest BCUT2D eigenvalue weighted by Crippen LogP contribution is 2.59. The third kappa shape index (κ3) is 1.22. The molecule has 84 valence electrons. The normalized spacial score (nSPS) is 30.2. The van der Waals surface area contributed by atoms with Crippen LogP contribution in [0.2, 0.25) is 0 Å². The van der Waals surface area contributed by atoms with Gasteiger partial charge in [0.15, 0.2) is 0 Å². The van der Waals surface area contributed by atoms with Crippen molar-refractivity contribution >= 4 is 5.97 Å². The summed E-state index contributed by atoms with van der Waals surface area (Å²) in [6, 6.07) is 9.85. The maximum atomic E-state index is 12.0. The fourth-order valence-electron chi connectivity index (χ4n) is 2.68. The van der Waals surface area contributed by atoms with E-state index in [9.17, 15) is 4.79 Å². The molecular formula is C14H16O2. The first-order valence-corrected chi connectivity index (χ1v) is 5.50. The minimum atomic E-state index is -0.523. The summed E-state index contributed by atoms with van der Waals surface area (Å²) in [5.41, 5.74) is 1.66. The second kappa shape index (κ2) is 3.78. The Morgan fingerprint density at radius 2 is 2.00 bits per heavy atom. The van der Waals surface area contributed by atoms with E-state index in [1.807, 2.05) is 43.3 Å². The molecule has 0 aromatic heterocycles. The lowest BCUT2D eigenvalue weighted by atomic mass is 9.93. The second-order valence-electron chi connectivity index (χ2n) is 4.13. The first-order valence-electron chi connectivity index (χ1n) is 5.50. The van der Waals surface area contributed by atoms with Gasteiger partial charge in [-0.1, -0.05) is 43.3 Å². The maximum absolute atomic E-state index is 12.0. The molecule has 16 heavy (non-hydrogen) atoms. The number of carbonyl (C=O) groups is 1. The van der Waals surface area contributed by atoms with Crippen LogP contribution in [0.4, 0.5) is 0 Å². The summed E-state index contributed by atoms with van der Waals surface area (Å²) in [4.78, 5) is 12.0. The first kappa shape index (κ1) is 10.9. The summed E-state index contributed by atoms with van der Waals surface area (Å²) in [5, 5.41) is 0. The van der Waals surface area contributed by atoms with Crippen LogP contribution in [-0.4, -0.2) is 13.1 Å². The van der Waals surface area contributed by atoms with Crippen molar-refractivity contribution in [1.29, 1.82) is 0 Å². The molecule has 0 N–H and O–H groups in total. The van der Waals surface area contributed by atoms with Crippen molar-refractivity contribution in [3.63, 3.8) is 0 Å². The van der Waals surface area contributed by atoms with Crippen LogP contribution < -0.4 is 0 Å². The van der Waals surface area contributed by atoms with Gasteiger partial charge in [-0.05, 0) is 18.1 Å². The van der Waals surface area contributed by atoms with E-state index in [1.165, 1.54) is 7.11 Å². The fraction of sp³-hybridized carbons (Fsp3) is 0.357. The Kier molecular flexibility index (Phi) is 2.58. The van der Waals surface area contributed by atoms with Crippen molar-refractivity contribution in [2.75, 3.05) is 7.11 Å². The molecule has 2 rings (SSSR count). The Balaban J connectivity index is 2.51. The Bertz CT molecular complexity index is 433. The lowest BCUT2D eigenvalue weighted by Crippen LogP contribution is -2.24. The number of hydrogen-bond donors (Lipinski definition) is 0. The molecule has 1 aliphatic rings. The van der Waals surface area contributed by atoms with Gasteiger partial charge < -0.3 is 4.74 Å². The number of rotatable bonds is 2. The molecule has 2 atom stereocenters. The van der Waals surface area contributed by atoms with Crippen LogP contribution in [0.15, 0.2) is 42.0 Å². The van der Waals surface area contributed by atoms with Gasteiger partial charge in [-0.25, -0.2) is 0 Å². The highest BCUT2D eigenvalue weighted by Gasteiger charge is 2.64. The molecular weight excluding hydrogens is 200 g/mol. The second-order valence-corrected chi connectivity index (χ2v) is 4.13. The lowest BCUT2D eigenvalue weighted by Gasteiger charge is -2.13. The van der Waals surface area contributed by atoms with Crippen LogP contribution in [0.25, 0.3) is 0 Å². The molecule has 0 aliphatic heterocycles. The van der Waals surface area contributed by atoms with Gasteiger partial charge in [0.2, 0.25) is 0 Å². The minimum absolute atomic E-state index is 0.153. The standard InChI is InChI=1S/C14H16O2/c1-4-12-10(2)14(12,13(15)16-3)11-8-6-5-7-9-11/h4-10H,1-3H3/b12-4-/t10-,14+/m0/s1. The molecule has 0 radical (unpaired) electrons. The van der Waals surface area contributed by atoms with E-state index < -0.39 is 5.41 Å². The smallest absolute Gasteiger partial charge is 0.321 e. The van der Waals surface area contributed by atoms with Crippen LogP contribution in [0.3, 0.4) is 0 Å². The van der Waals surface area contributed by atoms with Crippen LogP contribution >= 0.6 is 0 Å². The van der Waals surface area contributed by atoms with Gasteiger partial charge in [0.25, 0.3) is 0 Å². The molecule has 1 saturated carbocycles. The summed E-state index contributed by atoms with van der Waals surface area (Å²) in [6.45, 7) is 4.04. The van der Waals surface area contributed by atoms with E-state index in [0.29, 0.717) is 0 Å². The molecule has 0 bridgehead atoms. The van der Waals surface area contributed by atoms with E-state index >= 15 is 0 Å². The average molecular weight is 216 g/mol. The molecule has 1 aliphatic carbocycles. The predicted molar refractivity (Wildman–Crippen MR) is 63.1 cm³/mol. The summed E-state index contributed by atoms with van der Waals surface area (Å²) in [6.07, 6.45) is 2.02. The third-order valence-electron chi connectivity index (χ3n) is 3.54. The highest BCUT2D eigenvalue weighted by molar-refractivity contribution is 5.94. The minimum Gasteiger partial charge on any atom is -0.468 e. The summed E-state index contributed by atoms with van der Waals surface area (Å²) < 4.78 is 4.95. The summed E-state index contributed by atoms with van der Waals surface area (Å²) >= 11 is 0. The number of ether oxygens (including phenoxy) is 1. The quantitative estimate of drug-likeness (QED) is 0.561. The van der Waals surface area contributed by atoms with Crippen LogP contribution in [0.1, 0.15) is 19.4 Å². The molecule has 1 aromatic carbocycles. The molecule has 1 aromatic rings. The number of benzene rings is 1. The van der Waals surface area contributed by atoms with Crippen molar-refractivity contribution in [3.05, 3.63) is 47.5 Å². The highest BCUT2D eigenvalue weighted by atomic mass is 16.5. The van der Waals surface area contributed by atoms with Crippen LogP contribution in [-0.2, 0) is 14.9 Å². The average Bonchev–Trinajstić information content (AvgIpc) is 2.95. The zero-order valence-corrected chi connectivity index (χ0v) is 9.86.